The summed E-state index contributed by atoms with van der Waals surface area (Å²) in [6.45, 7) is 7.83. The highest BCUT2D eigenvalue weighted by Gasteiger charge is 2.18. The quantitative estimate of drug-likeness (QED) is 0.359. The Morgan fingerprint density at radius 3 is 2.39 bits per heavy atom. The average molecular weight is 423 g/mol. The maximum absolute atomic E-state index is 11.9. The van der Waals surface area contributed by atoms with Crippen molar-refractivity contribution in [1.29, 1.82) is 0 Å². The minimum absolute atomic E-state index is 0.531. The summed E-state index contributed by atoms with van der Waals surface area (Å²) in [6.07, 6.45) is 11.3. The number of pyridine rings is 1. The lowest BCUT2D eigenvalue weighted by atomic mass is 10.1. The first-order valence-corrected chi connectivity index (χ1v) is 11.4. The number of fused-ring (bicyclic) bond motifs is 1. The summed E-state index contributed by atoms with van der Waals surface area (Å²) in [5, 5.41) is 13.1. The van der Waals surface area contributed by atoms with Crippen molar-refractivity contribution < 1.29 is 9.90 Å². The van der Waals surface area contributed by atoms with Crippen LogP contribution in [0.3, 0.4) is 0 Å². The lowest BCUT2D eigenvalue weighted by molar-refractivity contribution is 0.201. The monoisotopic (exact) mass is 422 g/mol. The minimum Gasteiger partial charge on any atom is -0.465 e. The van der Waals surface area contributed by atoms with Gasteiger partial charge in [-0.3, -0.25) is 19.6 Å². The second-order valence-electron chi connectivity index (χ2n) is 8.04. The topological polar surface area (TPSA) is 61.6 Å². The number of amides is 1. The fourth-order valence-corrected chi connectivity index (χ4v) is 4.03. The summed E-state index contributed by atoms with van der Waals surface area (Å²) in [5.74, 6) is 0. The molecule has 2 aromatic heterocycles. The summed E-state index contributed by atoms with van der Waals surface area (Å²) in [6, 6.07) is 9.99. The first kappa shape index (κ1) is 22.7. The van der Waals surface area contributed by atoms with Crippen molar-refractivity contribution in [2.24, 2.45) is 0 Å². The fourth-order valence-electron chi connectivity index (χ4n) is 4.03. The highest BCUT2D eigenvalue weighted by atomic mass is 16.4. The van der Waals surface area contributed by atoms with Gasteiger partial charge in [0, 0.05) is 42.8 Å². The molecule has 3 aromatic rings. The number of anilines is 2. The first-order valence-electron chi connectivity index (χ1n) is 11.4. The van der Waals surface area contributed by atoms with Crippen LogP contribution in [-0.2, 0) is 0 Å². The molecule has 1 N–H and O–H groups in total. The molecule has 2 heterocycles. The molecule has 0 saturated heterocycles. The lowest BCUT2D eigenvalue weighted by Crippen LogP contribution is -2.30. The number of aromatic nitrogens is 2. The number of carboxylic acid groups (broad SMARTS) is 1. The van der Waals surface area contributed by atoms with Gasteiger partial charge in [0.15, 0.2) is 0 Å². The van der Waals surface area contributed by atoms with E-state index in [0.29, 0.717) is 6.54 Å². The maximum atomic E-state index is 11.9. The number of aryl methyl sites for hydroxylation is 1. The smallest absolute Gasteiger partial charge is 0.411 e. The second-order valence-corrected chi connectivity index (χ2v) is 8.04. The predicted octanol–water partition coefficient (Wildman–Crippen LogP) is 6.48. The normalized spacial score (nSPS) is 11.1. The third-order valence-electron chi connectivity index (χ3n) is 5.65. The summed E-state index contributed by atoms with van der Waals surface area (Å²) in [7, 11) is 0. The Morgan fingerprint density at radius 2 is 1.71 bits per heavy atom. The molecule has 0 aliphatic carbocycles. The van der Waals surface area contributed by atoms with E-state index in [1.165, 1.54) is 17.7 Å². The Kier molecular flexibility index (Phi) is 7.93. The van der Waals surface area contributed by atoms with Crippen LogP contribution in [0.15, 0.2) is 48.9 Å². The first-order chi connectivity index (χ1) is 15.1. The second kappa shape index (κ2) is 10.8. The number of benzene rings is 1. The number of rotatable bonds is 11. The molecule has 1 aromatic carbocycles. The molecule has 0 saturated carbocycles. The number of unbranched alkanes of at least 4 members (excludes halogenated alkanes) is 4. The van der Waals surface area contributed by atoms with Crippen molar-refractivity contribution in [3.8, 4) is 0 Å². The van der Waals surface area contributed by atoms with Crippen molar-refractivity contribution in [3.63, 3.8) is 0 Å². The summed E-state index contributed by atoms with van der Waals surface area (Å²) in [4.78, 5) is 17.6. The summed E-state index contributed by atoms with van der Waals surface area (Å²) >= 11 is 0. The van der Waals surface area contributed by atoms with E-state index < -0.39 is 6.09 Å². The minimum atomic E-state index is -0.892. The zero-order valence-electron chi connectivity index (χ0n) is 18.9. The molecule has 6 nitrogen and oxygen atoms in total. The fraction of sp³-hybridized carbons (Fsp3) is 0.440. The van der Waals surface area contributed by atoms with E-state index in [-0.39, 0.29) is 0 Å². The van der Waals surface area contributed by atoms with Gasteiger partial charge in [0.1, 0.15) is 0 Å². The molecule has 0 atom stereocenters. The van der Waals surface area contributed by atoms with Gasteiger partial charge in [-0.15, -0.1) is 0 Å². The standard InChI is InChI=1S/C25H34N4O2/c1-4-6-7-8-9-17-27(25(30)31)22-10-11-24-23(18-22)20(3)19-29(24)28(16-5-2)21-12-14-26-15-13-21/h10-15,18-19H,4-9,16-17H2,1-3H3,(H,30,31). The Bertz CT molecular complexity index is 984. The summed E-state index contributed by atoms with van der Waals surface area (Å²) in [5.41, 5.74) is 4.01. The molecular formula is C25H34N4O2. The molecule has 0 aliphatic heterocycles. The average Bonchev–Trinajstić information content (AvgIpc) is 3.10. The number of hydrogen-bond acceptors (Lipinski definition) is 3. The number of nitrogens with zero attached hydrogens (tertiary/aromatic N) is 4. The Morgan fingerprint density at radius 1 is 0.968 bits per heavy atom. The zero-order valence-corrected chi connectivity index (χ0v) is 18.9. The Labute approximate surface area is 185 Å². The van der Waals surface area contributed by atoms with Crippen molar-refractivity contribution in [2.75, 3.05) is 23.0 Å². The van der Waals surface area contributed by atoms with Crippen LogP contribution >= 0.6 is 0 Å². The van der Waals surface area contributed by atoms with Gasteiger partial charge in [-0.2, -0.15) is 0 Å². The lowest BCUT2D eigenvalue weighted by Gasteiger charge is -2.26. The van der Waals surface area contributed by atoms with Gasteiger partial charge in [0.25, 0.3) is 0 Å². The van der Waals surface area contributed by atoms with Gasteiger partial charge in [-0.05, 0) is 55.7 Å². The maximum Gasteiger partial charge on any atom is 0.411 e. The van der Waals surface area contributed by atoms with Crippen LogP contribution in [0, 0.1) is 6.92 Å². The highest BCUT2D eigenvalue weighted by Crippen LogP contribution is 2.29. The van der Waals surface area contributed by atoms with Gasteiger partial charge >= 0.3 is 6.09 Å². The van der Waals surface area contributed by atoms with Crippen molar-refractivity contribution in [3.05, 3.63) is 54.5 Å². The molecule has 31 heavy (non-hydrogen) atoms. The molecule has 0 unspecified atom stereocenters. The molecule has 166 valence electrons. The van der Waals surface area contributed by atoms with Crippen LogP contribution in [-0.4, -0.2) is 33.9 Å². The highest BCUT2D eigenvalue weighted by molar-refractivity contribution is 5.93. The number of hydrogen-bond donors (Lipinski definition) is 1. The van der Waals surface area contributed by atoms with Crippen LogP contribution in [0.5, 0.6) is 0 Å². The zero-order chi connectivity index (χ0) is 22.2. The summed E-state index contributed by atoms with van der Waals surface area (Å²) < 4.78 is 2.17. The molecule has 3 rings (SSSR count). The molecule has 6 heteroatoms. The number of carbonyl (C=O) groups is 1. The van der Waals surface area contributed by atoms with E-state index in [9.17, 15) is 9.90 Å². The molecule has 0 fully saturated rings. The predicted molar refractivity (Wildman–Crippen MR) is 128 cm³/mol. The van der Waals surface area contributed by atoms with E-state index in [1.54, 1.807) is 12.4 Å². The van der Waals surface area contributed by atoms with E-state index in [4.69, 9.17) is 0 Å². The van der Waals surface area contributed by atoms with Gasteiger partial charge in [0.2, 0.25) is 0 Å². The molecule has 0 spiro atoms. The Balaban J connectivity index is 1.90. The van der Waals surface area contributed by atoms with E-state index in [0.717, 1.165) is 60.1 Å². The van der Waals surface area contributed by atoms with E-state index in [2.05, 4.69) is 41.6 Å². The molecular weight excluding hydrogens is 388 g/mol. The molecule has 0 aliphatic rings. The molecule has 1 amide bonds. The molecule has 0 bridgehead atoms. The van der Waals surface area contributed by atoms with Crippen LogP contribution in [0.4, 0.5) is 16.2 Å². The van der Waals surface area contributed by atoms with Gasteiger partial charge in [-0.1, -0.05) is 39.5 Å². The van der Waals surface area contributed by atoms with Crippen LogP contribution in [0.25, 0.3) is 10.9 Å². The van der Waals surface area contributed by atoms with Crippen molar-refractivity contribution in [2.45, 2.75) is 59.3 Å². The van der Waals surface area contributed by atoms with Gasteiger partial charge in [-0.25, -0.2) is 4.79 Å². The largest absolute Gasteiger partial charge is 0.465 e. The third kappa shape index (κ3) is 5.37. The van der Waals surface area contributed by atoms with Crippen molar-refractivity contribution in [1.82, 2.24) is 9.66 Å². The van der Waals surface area contributed by atoms with E-state index in [1.807, 2.05) is 30.3 Å². The van der Waals surface area contributed by atoms with Crippen LogP contribution in [0.2, 0.25) is 0 Å². The Hall–Kier alpha value is -3.02. The van der Waals surface area contributed by atoms with Crippen molar-refractivity contribution >= 4 is 28.4 Å². The van der Waals surface area contributed by atoms with Crippen LogP contribution < -0.4 is 9.91 Å². The van der Waals surface area contributed by atoms with E-state index >= 15 is 0 Å². The third-order valence-corrected chi connectivity index (χ3v) is 5.65. The van der Waals surface area contributed by atoms with Gasteiger partial charge < -0.3 is 5.11 Å². The SMILES string of the molecule is CCCCCCCN(C(=O)O)c1ccc2c(c1)c(C)cn2N(CCC)c1ccncc1. The van der Waals surface area contributed by atoms with Gasteiger partial charge in [0.05, 0.1) is 11.2 Å². The van der Waals surface area contributed by atoms with Crippen LogP contribution in [0.1, 0.15) is 57.9 Å². The molecule has 0 radical (unpaired) electrons.